The number of rotatable bonds is 10. The van der Waals surface area contributed by atoms with Gasteiger partial charge in [-0.25, -0.2) is 9.97 Å². The highest BCUT2D eigenvalue weighted by molar-refractivity contribution is 6.09. The lowest BCUT2D eigenvalue weighted by Crippen LogP contribution is -2.55. The monoisotopic (exact) mass is 641 g/mol. The van der Waals surface area contributed by atoms with E-state index in [1.807, 2.05) is 112 Å². The van der Waals surface area contributed by atoms with E-state index in [0.29, 0.717) is 35.0 Å². The molecule has 6 aromatic rings. The fourth-order valence-corrected chi connectivity index (χ4v) is 6.26. The molecule has 2 N–H and O–H groups in total. The molecule has 2 heterocycles. The summed E-state index contributed by atoms with van der Waals surface area (Å²) < 4.78 is 0. The van der Waals surface area contributed by atoms with Crippen molar-refractivity contribution in [2.24, 2.45) is 0 Å². The number of carbonyl (C=O) groups is 2. The summed E-state index contributed by atoms with van der Waals surface area (Å²) in [6.45, 7) is 4.05. The fraction of sp³-hybridized carbons (Fsp3) is 0.282. The van der Waals surface area contributed by atoms with Crippen molar-refractivity contribution in [3.63, 3.8) is 0 Å². The Bertz CT molecular complexity index is 2010. The van der Waals surface area contributed by atoms with E-state index in [2.05, 4.69) is 47.0 Å². The second-order valence-electron chi connectivity index (χ2n) is 12.7. The van der Waals surface area contributed by atoms with E-state index in [4.69, 9.17) is 9.97 Å². The Labute approximate surface area is 281 Å². The van der Waals surface area contributed by atoms with E-state index < -0.39 is 0 Å². The highest BCUT2D eigenvalue weighted by atomic mass is 16.2. The van der Waals surface area contributed by atoms with Gasteiger partial charge in [-0.3, -0.25) is 14.5 Å². The summed E-state index contributed by atoms with van der Waals surface area (Å²) in [6.07, 6.45) is 0.603. The van der Waals surface area contributed by atoms with Gasteiger partial charge >= 0.3 is 0 Å². The molecule has 2 aromatic heterocycles. The SMILES string of the molecule is CCC(NC(=O)c1cccc2cc3ccc(N(C)C)cc3nc12)N(C)C(CC)NC(=O)c1cccc2cc3ccc(N(C)C)cc3nc12. The minimum atomic E-state index is -0.335. The van der Waals surface area contributed by atoms with E-state index in [0.717, 1.165) is 44.0 Å². The highest BCUT2D eigenvalue weighted by Crippen LogP contribution is 2.27. The zero-order chi connectivity index (χ0) is 34.1. The molecule has 9 heteroatoms. The Morgan fingerprint density at radius 1 is 0.583 bits per heavy atom. The number of amides is 2. The topological polar surface area (TPSA) is 93.7 Å². The summed E-state index contributed by atoms with van der Waals surface area (Å²) in [7, 11) is 9.91. The minimum Gasteiger partial charge on any atom is -0.378 e. The highest BCUT2D eigenvalue weighted by Gasteiger charge is 2.26. The van der Waals surface area contributed by atoms with Gasteiger partial charge in [-0.2, -0.15) is 0 Å². The molecule has 9 nitrogen and oxygen atoms in total. The average Bonchev–Trinajstić information content (AvgIpc) is 3.09. The van der Waals surface area contributed by atoms with Crippen LogP contribution in [0.4, 0.5) is 11.4 Å². The Morgan fingerprint density at radius 2 is 1.00 bits per heavy atom. The molecule has 0 saturated carbocycles. The molecule has 2 atom stereocenters. The van der Waals surface area contributed by atoms with Gasteiger partial charge in [-0.15, -0.1) is 0 Å². The first-order valence-electron chi connectivity index (χ1n) is 16.4. The number of carbonyl (C=O) groups excluding carboxylic acids is 2. The van der Waals surface area contributed by atoms with Crippen molar-refractivity contribution in [2.75, 3.05) is 45.0 Å². The van der Waals surface area contributed by atoms with Crippen molar-refractivity contribution in [2.45, 2.75) is 39.0 Å². The number of hydrogen-bond donors (Lipinski definition) is 2. The molecule has 0 aliphatic carbocycles. The van der Waals surface area contributed by atoms with Gasteiger partial charge in [0.2, 0.25) is 0 Å². The third-order valence-electron chi connectivity index (χ3n) is 9.12. The zero-order valence-electron chi connectivity index (χ0n) is 28.7. The maximum Gasteiger partial charge on any atom is 0.254 e. The van der Waals surface area contributed by atoms with Gasteiger partial charge < -0.3 is 20.4 Å². The number of para-hydroxylation sites is 2. The Balaban J connectivity index is 1.24. The summed E-state index contributed by atoms with van der Waals surface area (Å²) in [5.41, 5.74) is 6.10. The normalized spacial score (nSPS) is 12.8. The molecule has 0 bridgehead atoms. The molecule has 6 rings (SSSR count). The van der Waals surface area contributed by atoms with Gasteiger partial charge in [-0.05, 0) is 68.4 Å². The van der Waals surface area contributed by atoms with E-state index in [9.17, 15) is 9.59 Å². The maximum absolute atomic E-state index is 13.8. The molecular weight excluding hydrogens is 598 g/mol. The van der Waals surface area contributed by atoms with Crippen molar-refractivity contribution < 1.29 is 9.59 Å². The van der Waals surface area contributed by atoms with Crippen LogP contribution in [-0.4, -0.2) is 74.3 Å². The van der Waals surface area contributed by atoms with E-state index in [1.54, 1.807) is 0 Å². The lowest BCUT2D eigenvalue weighted by molar-refractivity contribution is 0.0701. The second-order valence-corrected chi connectivity index (χ2v) is 12.7. The van der Waals surface area contributed by atoms with Gasteiger partial charge in [0.05, 0.1) is 45.5 Å². The molecule has 4 aromatic carbocycles. The van der Waals surface area contributed by atoms with E-state index in [-0.39, 0.29) is 24.1 Å². The predicted molar refractivity (Wildman–Crippen MR) is 198 cm³/mol. The zero-order valence-corrected chi connectivity index (χ0v) is 28.7. The van der Waals surface area contributed by atoms with Crippen LogP contribution >= 0.6 is 0 Å². The molecule has 2 amide bonds. The van der Waals surface area contributed by atoms with Crippen molar-refractivity contribution in [1.29, 1.82) is 0 Å². The smallest absolute Gasteiger partial charge is 0.254 e. The van der Waals surface area contributed by atoms with Crippen LogP contribution in [0.15, 0.2) is 84.9 Å². The Hall–Kier alpha value is -5.28. The minimum absolute atomic E-state index is 0.210. The van der Waals surface area contributed by atoms with E-state index in [1.165, 1.54) is 0 Å². The van der Waals surface area contributed by atoms with Crippen LogP contribution < -0.4 is 20.4 Å². The lowest BCUT2D eigenvalue weighted by atomic mass is 10.1. The molecule has 0 radical (unpaired) electrons. The first-order chi connectivity index (χ1) is 23.1. The molecule has 2 unspecified atom stereocenters. The molecule has 48 heavy (non-hydrogen) atoms. The fourth-order valence-electron chi connectivity index (χ4n) is 6.26. The number of hydrogen-bond acceptors (Lipinski definition) is 7. The standard InChI is InChI=1S/C39H43N7O2/c1-8-34(42-38(47)30-14-10-12-26-20-24-16-18-28(44(3)4)22-32(24)40-36(26)30)46(7)35(9-2)43-39(48)31-15-11-13-27-21-25-17-19-29(45(5)6)23-33(25)41-37(27)31/h10-23,34-35H,8-9H2,1-7H3,(H,42,47)(H,43,48). The van der Waals surface area contributed by atoms with Gasteiger partial charge in [0.1, 0.15) is 0 Å². The summed E-state index contributed by atoms with van der Waals surface area (Å²) >= 11 is 0. The number of nitrogens with zero attached hydrogens (tertiary/aromatic N) is 5. The molecular formula is C39H43N7O2. The lowest BCUT2D eigenvalue weighted by Gasteiger charge is -2.35. The summed E-state index contributed by atoms with van der Waals surface area (Å²) in [4.78, 5) is 43.6. The van der Waals surface area contributed by atoms with Crippen LogP contribution in [0.25, 0.3) is 43.6 Å². The molecule has 0 fully saturated rings. The molecule has 0 aliphatic heterocycles. The van der Waals surface area contributed by atoms with Gasteiger partial charge in [0.15, 0.2) is 0 Å². The van der Waals surface area contributed by atoms with Crippen molar-refractivity contribution >= 4 is 66.8 Å². The van der Waals surface area contributed by atoms with Crippen molar-refractivity contribution in [3.8, 4) is 0 Å². The second kappa shape index (κ2) is 13.4. The third kappa shape index (κ3) is 6.33. The largest absolute Gasteiger partial charge is 0.378 e. The van der Waals surface area contributed by atoms with Crippen molar-refractivity contribution in [1.82, 2.24) is 25.5 Å². The molecule has 0 spiro atoms. The van der Waals surface area contributed by atoms with Crippen LogP contribution in [0.5, 0.6) is 0 Å². The number of aromatic nitrogens is 2. The van der Waals surface area contributed by atoms with Gasteiger partial charge in [-0.1, -0.05) is 50.2 Å². The van der Waals surface area contributed by atoms with Crippen LogP contribution in [0.2, 0.25) is 0 Å². The van der Waals surface area contributed by atoms with Crippen LogP contribution in [0, 0.1) is 0 Å². The van der Waals surface area contributed by atoms with E-state index >= 15 is 0 Å². The van der Waals surface area contributed by atoms with Crippen molar-refractivity contribution in [3.05, 3.63) is 96.1 Å². The van der Waals surface area contributed by atoms with Gasteiger partial charge in [0.25, 0.3) is 11.8 Å². The van der Waals surface area contributed by atoms with Crippen LogP contribution in [-0.2, 0) is 0 Å². The summed E-state index contributed by atoms with van der Waals surface area (Å²) in [6, 6.07) is 27.9. The maximum atomic E-state index is 13.8. The Kier molecular flexibility index (Phi) is 9.15. The third-order valence-corrected chi connectivity index (χ3v) is 9.12. The first-order valence-corrected chi connectivity index (χ1v) is 16.4. The molecule has 0 saturated heterocycles. The Morgan fingerprint density at radius 3 is 1.38 bits per heavy atom. The number of fused-ring (bicyclic) bond motifs is 4. The quantitative estimate of drug-likeness (QED) is 0.126. The molecule has 0 aliphatic rings. The number of anilines is 2. The first kappa shape index (κ1) is 32.7. The van der Waals surface area contributed by atoms with Gasteiger partial charge in [0, 0.05) is 61.1 Å². The number of nitrogens with one attached hydrogen (secondary N) is 2. The summed E-state index contributed by atoms with van der Waals surface area (Å²) in [5.74, 6) is -0.420. The predicted octanol–water partition coefficient (Wildman–Crippen LogP) is 6.79. The number of pyridine rings is 2. The van der Waals surface area contributed by atoms with Crippen LogP contribution in [0.1, 0.15) is 47.4 Å². The average molecular weight is 642 g/mol. The van der Waals surface area contributed by atoms with Crippen LogP contribution in [0.3, 0.4) is 0 Å². The number of benzene rings is 4. The molecule has 246 valence electrons. The summed E-state index contributed by atoms with van der Waals surface area (Å²) in [5, 5.41) is 10.3.